The van der Waals surface area contributed by atoms with Crippen LogP contribution in [0.1, 0.15) is 15.9 Å². The Labute approximate surface area is 144 Å². The van der Waals surface area contributed by atoms with Gasteiger partial charge in [-0.05, 0) is 49.9 Å². The maximum absolute atomic E-state index is 12.3. The first-order valence-electron chi connectivity index (χ1n) is 6.55. The molecule has 0 aromatic heterocycles. The summed E-state index contributed by atoms with van der Waals surface area (Å²) < 4.78 is 25.9. The Hall–Kier alpha value is -1.60. The third kappa shape index (κ3) is 4.03. The average molecular weight is 373 g/mol. The van der Waals surface area contributed by atoms with E-state index in [0.29, 0.717) is 10.7 Å². The molecular weight excluding hydrogens is 359 g/mol. The number of carbonyl (C=O) groups excluding carboxylic acids is 1. The number of hydrogen-bond donors (Lipinski definition) is 2. The highest BCUT2D eigenvalue weighted by atomic mass is 35.5. The van der Waals surface area contributed by atoms with E-state index in [2.05, 4.69) is 10.0 Å². The molecule has 0 spiro atoms. The number of halogens is 2. The summed E-state index contributed by atoms with van der Waals surface area (Å²) in [5.41, 5.74) is 1.35. The molecule has 2 aromatic rings. The van der Waals surface area contributed by atoms with E-state index in [1.54, 1.807) is 19.1 Å². The van der Waals surface area contributed by atoms with Crippen LogP contribution < -0.4 is 10.0 Å². The van der Waals surface area contributed by atoms with Crippen LogP contribution in [-0.4, -0.2) is 21.4 Å². The summed E-state index contributed by atoms with van der Waals surface area (Å²) in [6.07, 6.45) is 0. The number of sulfonamides is 1. The Morgan fingerprint density at radius 2 is 1.78 bits per heavy atom. The summed E-state index contributed by atoms with van der Waals surface area (Å²) in [4.78, 5) is 12.4. The van der Waals surface area contributed by atoms with Gasteiger partial charge in [-0.25, -0.2) is 13.1 Å². The van der Waals surface area contributed by atoms with Crippen molar-refractivity contribution in [2.24, 2.45) is 0 Å². The molecule has 0 aliphatic heterocycles. The summed E-state index contributed by atoms with van der Waals surface area (Å²) in [6.45, 7) is 1.76. The molecule has 0 bridgehead atoms. The lowest BCUT2D eigenvalue weighted by molar-refractivity contribution is 0.102. The van der Waals surface area contributed by atoms with Gasteiger partial charge in [-0.15, -0.1) is 0 Å². The lowest BCUT2D eigenvalue weighted by Gasteiger charge is -2.11. The van der Waals surface area contributed by atoms with Crippen molar-refractivity contribution in [3.05, 3.63) is 57.6 Å². The lowest BCUT2D eigenvalue weighted by atomic mass is 10.1. The number of hydrogen-bond acceptors (Lipinski definition) is 3. The number of anilines is 1. The molecule has 0 fully saturated rings. The van der Waals surface area contributed by atoms with Gasteiger partial charge in [0.25, 0.3) is 5.91 Å². The van der Waals surface area contributed by atoms with Gasteiger partial charge in [0.05, 0.1) is 15.5 Å². The van der Waals surface area contributed by atoms with Gasteiger partial charge < -0.3 is 5.32 Å². The highest BCUT2D eigenvalue weighted by molar-refractivity contribution is 7.89. The molecule has 122 valence electrons. The number of nitrogens with one attached hydrogen (secondary N) is 2. The zero-order chi connectivity index (χ0) is 17.2. The van der Waals surface area contributed by atoms with Crippen LogP contribution in [0.15, 0.2) is 41.3 Å². The van der Waals surface area contributed by atoms with Crippen LogP contribution in [0.5, 0.6) is 0 Å². The fourth-order valence-corrected chi connectivity index (χ4v) is 3.13. The van der Waals surface area contributed by atoms with Crippen LogP contribution in [0.3, 0.4) is 0 Å². The molecular formula is C15H14Cl2N2O3S. The summed E-state index contributed by atoms with van der Waals surface area (Å²) in [6, 6.07) is 8.99. The van der Waals surface area contributed by atoms with Gasteiger partial charge in [-0.3, -0.25) is 4.79 Å². The molecule has 1 amide bonds. The van der Waals surface area contributed by atoms with E-state index in [1.807, 2.05) is 0 Å². The van der Waals surface area contributed by atoms with Crippen LogP contribution in [-0.2, 0) is 10.0 Å². The zero-order valence-corrected chi connectivity index (χ0v) is 14.7. The van der Waals surface area contributed by atoms with Gasteiger partial charge >= 0.3 is 0 Å². The molecule has 0 unspecified atom stereocenters. The summed E-state index contributed by atoms with van der Waals surface area (Å²) in [5.74, 6) is -0.450. The maximum atomic E-state index is 12.3. The highest BCUT2D eigenvalue weighted by Crippen LogP contribution is 2.24. The number of amides is 1. The van der Waals surface area contributed by atoms with Crippen LogP contribution in [0.4, 0.5) is 5.69 Å². The minimum absolute atomic E-state index is 0.0584. The van der Waals surface area contributed by atoms with Gasteiger partial charge in [-0.1, -0.05) is 29.3 Å². The number of carbonyl (C=O) groups is 1. The molecule has 0 heterocycles. The van der Waals surface area contributed by atoms with E-state index < -0.39 is 15.9 Å². The SMILES string of the molecule is CNS(=O)(=O)c1ccc(C)c(NC(=O)c2ccc(Cl)cc2Cl)c1. The first kappa shape index (κ1) is 17.7. The second-order valence-corrected chi connectivity index (χ2v) is 7.49. The van der Waals surface area contributed by atoms with Crippen LogP contribution in [0.2, 0.25) is 10.0 Å². The minimum atomic E-state index is -3.60. The molecule has 0 atom stereocenters. The first-order chi connectivity index (χ1) is 10.7. The zero-order valence-electron chi connectivity index (χ0n) is 12.4. The standard InChI is InChI=1S/C15H14Cl2N2O3S/c1-9-3-5-11(23(21,22)18-2)8-14(9)19-15(20)12-6-4-10(16)7-13(12)17/h3-8,18H,1-2H3,(H,19,20). The fraction of sp³-hybridized carbons (Fsp3) is 0.133. The van der Waals surface area contributed by atoms with E-state index in [0.717, 1.165) is 5.56 Å². The van der Waals surface area contributed by atoms with Crippen molar-refractivity contribution in [2.75, 3.05) is 12.4 Å². The summed E-state index contributed by atoms with van der Waals surface area (Å²) in [5, 5.41) is 3.30. The van der Waals surface area contributed by atoms with E-state index in [4.69, 9.17) is 23.2 Å². The van der Waals surface area contributed by atoms with E-state index in [9.17, 15) is 13.2 Å². The lowest BCUT2D eigenvalue weighted by Crippen LogP contribution is -2.19. The highest BCUT2D eigenvalue weighted by Gasteiger charge is 2.16. The van der Waals surface area contributed by atoms with Gasteiger partial charge in [0.15, 0.2) is 0 Å². The summed E-state index contributed by atoms with van der Waals surface area (Å²) in [7, 11) is -2.28. The number of benzene rings is 2. The molecule has 5 nitrogen and oxygen atoms in total. The second kappa shape index (κ2) is 6.88. The van der Waals surface area contributed by atoms with E-state index in [-0.39, 0.29) is 15.5 Å². The van der Waals surface area contributed by atoms with E-state index in [1.165, 1.54) is 31.3 Å². The fourth-order valence-electron chi connectivity index (χ4n) is 1.88. The Morgan fingerprint density at radius 3 is 2.39 bits per heavy atom. The normalized spacial score (nSPS) is 11.3. The monoisotopic (exact) mass is 372 g/mol. The molecule has 2 aromatic carbocycles. The predicted molar refractivity (Wildman–Crippen MR) is 91.8 cm³/mol. The molecule has 2 rings (SSSR count). The quantitative estimate of drug-likeness (QED) is 0.862. The van der Waals surface area contributed by atoms with Crippen LogP contribution in [0, 0.1) is 6.92 Å². The van der Waals surface area contributed by atoms with Crippen molar-refractivity contribution in [3.8, 4) is 0 Å². The van der Waals surface area contributed by atoms with Crippen molar-refractivity contribution in [2.45, 2.75) is 11.8 Å². The third-order valence-corrected chi connectivity index (χ3v) is 5.17. The number of aryl methyl sites for hydroxylation is 1. The van der Waals surface area contributed by atoms with Crippen molar-refractivity contribution in [1.29, 1.82) is 0 Å². The first-order valence-corrected chi connectivity index (χ1v) is 8.79. The second-order valence-electron chi connectivity index (χ2n) is 4.76. The topological polar surface area (TPSA) is 75.3 Å². The van der Waals surface area contributed by atoms with Crippen molar-refractivity contribution in [1.82, 2.24) is 4.72 Å². The number of rotatable bonds is 4. The Balaban J connectivity index is 2.36. The van der Waals surface area contributed by atoms with Crippen molar-refractivity contribution >= 4 is 44.8 Å². The van der Waals surface area contributed by atoms with Gasteiger partial charge in [0.2, 0.25) is 10.0 Å². The molecule has 0 saturated heterocycles. The minimum Gasteiger partial charge on any atom is -0.322 e. The Bertz CT molecular complexity index is 867. The maximum Gasteiger partial charge on any atom is 0.257 e. The van der Waals surface area contributed by atoms with Gasteiger partial charge in [-0.2, -0.15) is 0 Å². The summed E-state index contributed by atoms with van der Waals surface area (Å²) >= 11 is 11.8. The third-order valence-electron chi connectivity index (χ3n) is 3.21. The smallest absolute Gasteiger partial charge is 0.257 e. The van der Waals surface area contributed by atoms with Gasteiger partial charge in [0, 0.05) is 10.7 Å². The largest absolute Gasteiger partial charge is 0.322 e. The molecule has 23 heavy (non-hydrogen) atoms. The molecule has 0 aliphatic carbocycles. The molecule has 0 aliphatic rings. The van der Waals surface area contributed by atoms with Crippen LogP contribution >= 0.6 is 23.2 Å². The van der Waals surface area contributed by atoms with Crippen LogP contribution in [0.25, 0.3) is 0 Å². The Morgan fingerprint density at radius 1 is 1.09 bits per heavy atom. The van der Waals surface area contributed by atoms with Gasteiger partial charge in [0.1, 0.15) is 0 Å². The Kier molecular flexibility index (Phi) is 5.31. The van der Waals surface area contributed by atoms with Crippen molar-refractivity contribution in [3.63, 3.8) is 0 Å². The average Bonchev–Trinajstić information content (AvgIpc) is 2.49. The predicted octanol–water partition coefficient (Wildman–Crippen LogP) is 3.46. The molecule has 0 saturated carbocycles. The van der Waals surface area contributed by atoms with E-state index >= 15 is 0 Å². The molecule has 2 N–H and O–H groups in total. The van der Waals surface area contributed by atoms with Crippen molar-refractivity contribution < 1.29 is 13.2 Å². The molecule has 0 radical (unpaired) electrons. The molecule has 8 heteroatoms.